The summed E-state index contributed by atoms with van der Waals surface area (Å²) in [4.78, 5) is 15.2. The van der Waals surface area contributed by atoms with E-state index in [1.165, 1.54) is 11.1 Å². The summed E-state index contributed by atoms with van der Waals surface area (Å²) < 4.78 is 0. The maximum atomic E-state index is 10.7. The van der Waals surface area contributed by atoms with E-state index in [9.17, 15) is 10.1 Å². The Kier molecular flexibility index (Phi) is 5.11. The summed E-state index contributed by atoms with van der Waals surface area (Å²) in [7, 11) is 0. The molecule has 0 N–H and O–H groups in total. The van der Waals surface area contributed by atoms with Crippen molar-refractivity contribution in [3.63, 3.8) is 0 Å². The van der Waals surface area contributed by atoms with Gasteiger partial charge in [-0.15, -0.1) is 0 Å². The number of anilines is 1. The van der Waals surface area contributed by atoms with Crippen molar-refractivity contribution in [1.82, 2.24) is 4.90 Å². The van der Waals surface area contributed by atoms with E-state index in [1.807, 2.05) is 12.1 Å². The Morgan fingerprint density at radius 1 is 0.958 bits per heavy atom. The standard InChI is InChI=1S/C19H23N3O2/c1-16-2-4-17(5-3-16)10-11-20-12-14-21(15-13-20)18-6-8-19(9-7-18)22(23)24/h2-9H,10-15H2,1H3. The van der Waals surface area contributed by atoms with Crippen molar-refractivity contribution in [1.29, 1.82) is 0 Å². The molecule has 0 atom stereocenters. The summed E-state index contributed by atoms with van der Waals surface area (Å²) in [6, 6.07) is 15.6. The minimum atomic E-state index is -0.354. The first-order valence-corrected chi connectivity index (χ1v) is 8.39. The molecule has 24 heavy (non-hydrogen) atoms. The topological polar surface area (TPSA) is 49.6 Å². The highest BCUT2D eigenvalue weighted by atomic mass is 16.6. The van der Waals surface area contributed by atoms with Crippen LogP contribution >= 0.6 is 0 Å². The zero-order chi connectivity index (χ0) is 16.9. The van der Waals surface area contributed by atoms with Crippen LogP contribution in [-0.2, 0) is 6.42 Å². The normalized spacial score (nSPS) is 15.5. The van der Waals surface area contributed by atoms with Crippen molar-refractivity contribution < 1.29 is 4.92 Å². The third-order valence-electron chi connectivity index (χ3n) is 4.64. The van der Waals surface area contributed by atoms with Gasteiger partial charge in [-0.05, 0) is 31.0 Å². The highest BCUT2D eigenvalue weighted by Gasteiger charge is 2.17. The number of piperazine rings is 1. The van der Waals surface area contributed by atoms with Gasteiger partial charge in [0, 0.05) is 50.5 Å². The molecule has 0 amide bonds. The zero-order valence-corrected chi connectivity index (χ0v) is 14.0. The molecule has 2 aromatic carbocycles. The van der Waals surface area contributed by atoms with Crippen molar-refractivity contribution in [2.75, 3.05) is 37.6 Å². The summed E-state index contributed by atoms with van der Waals surface area (Å²) in [6.07, 6.45) is 1.08. The number of benzene rings is 2. The summed E-state index contributed by atoms with van der Waals surface area (Å²) in [6.45, 7) is 7.18. The Morgan fingerprint density at radius 2 is 1.58 bits per heavy atom. The molecule has 1 aliphatic rings. The van der Waals surface area contributed by atoms with E-state index in [0.717, 1.165) is 44.8 Å². The molecule has 1 aliphatic heterocycles. The number of nitro groups is 1. The van der Waals surface area contributed by atoms with E-state index in [1.54, 1.807) is 12.1 Å². The molecule has 1 saturated heterocycles. The number of aryl methyl sites for hydroxylation is 1. The lowest BCUT2D eigenvalue weighted by Gasteiger charge is -2.36. The lowest BCUT2D eigenvalue weighted by molar-refractivity contribution is -0.384. The first-order chi connectivity index (χ1) is 11.6. The summed E-state index contributed by atoms with van der Waals surface area (Å²) >= 11 is 0. The van der Waals surface area contributed by atoms with E-state index >= 15 is 0 Å². The maximum Gasteiger partial charge on any atom is 0.269 e. The Bertz CT molecular complexity index is 675. The molecule has 1 heterocycles. The van der Waals surface area contributed by atoms with Gasteiger partial charge in [-0.3, -0.25) is 15.0 Å². The van der Waals surface area contributed by atoms with Crippen LogP contribution in [0, 0.1) is 17.0 Å². The van der Waals surface area contributed by atoms with Crippen molar-refractivity contribution in [2.24, 2.45) is 0 Å². The molecular weight excluding hydrogens is 302 g/mol. The molecule has 126 valence electrons. The van der Waals surface area contributed by atoms with Crippen LogP contribution in [0.1, 0.15) is 11.1 Å². The number of nitro benzene ring substituents is 1. The number of hydrogen-bond acceptors (Lipinski definition) is 4. The fourth-order valence-electron chi connectivity index (χ4n) is 3.06. The van der Waals surface area contributed by atoms with Gasteiger partial charge in [0.1, 0.15) is 0 Å². The lowest BCUT2D eigenvalue weighted by Crippen LogP contribution is -2.46. The van der Waals surface area contributed by atoms with Gasteiger partial charge in [0.15, 0.2) is 0 Å². The van der Waals surface area contributed by atoms with Crippen LogP contribution in [0.25, 0.3) is 0 Å². The quantitative estimate of drug-likeness (QED) is 0.625. The Balaban J connectivity index is 1.48. The minimum absolute atomic E-state index is 0.149. The maximum absolute atomic E-state index is 10.7. The van der Waals surface area contributed by atoms with Gasteiger partial charge in [-0.1, -0.05) is 29.8 Å². The van der Waals surface area contributed by atoms with Gasteiger partial charge < -0.3 is 4.90 Å². The monoisotopic (exact) mass is 325 g/mol. The molecule has 0 radical (unpaired) electrons. The Labute approximate surface area is 142 Å². The van der Waals surface area contributed by atoms with Crippen LogP contribution in [0.3, 0.4) is 0 Å². The highest BCUT2D eigenvalue weighted by Crippen LogP contribution is 2.20. The van der Waals surface area contributed by atoms with Crippen molar-refractivity contribution in [3.8, 4) is 0 Å². The van der Waals surface area contributed by atoms with Crippen LogP contribution < -0.4 is 4.90 Å². The molecule has 0 aliphatic carbocycles. The molecule has 5 heteroatoms. The van der Waals surface area contributed by atoms with Crippen molar-refractivity contribution in [2.45, 2.75) is 13.3 Å². The molecule has 0 saturated carbocycles. The largest absolute Gasteiger partial charge is 0.369 e. The number of hydrogen-bond donors (Lipinski definition) is 0. The number of nitrogens with zero attached hydrogens (tertiary/aromatic N) is 3. The Morgan fingerprint density at radius 3 is 2.17 bits per heavy atom. The second kappa shape index (κ2) is 7.45. The van der Waals surface area contributed by atoms with Crippen molar-refractivity contribution >= 4 is 11.4 Å². The van der Waals surface area contributed by atoms with Crippen LogP contribution in [0.4, 0.5) is 11.4 Å². The second-order valence-electron chi connectivity index (χ2n) is 6.34. The molecule has 0 aromatic heterocycles. The van der Waals surface area contributed by atoms with Gasteiger partial charge >= 0.3 is 0 Å². The highest BCUT2D eigenvalue weighted by molar-refractivity contribution is 5.51. The molecule has 2 aromatic rings. The van der Waals surface area contributed by atoms with Gasteiger partial charge in [0.2, 0.25) is 0 Å². The van der Waals surface area contributed by atoms with E-state index in [0.29, 0.717) is 0 Å². The van der Waals surface area contributed by atoms with E-state index in [2.05, 4.69) is 41.0 Å². The average molecular weight is 325 g/mol. The van der Waals surface area contributed by atoms with Gasteiger partial charge in [0.25, 0.3) is 5.69 Å². The van der Waals surface area contributed by atoms with Crippen LogP contribution in [0.2, 0.25) is 0 Å². The summed E-state index contributed by atoms with van der Waals surface area (Å²) in [5, 5.41) is 10.7. The fraction of sp³-hybridized carbons (Fsp3) is 0.368. The smallest absolute Gasteiger partial charge is 0.269 e. The number of rotatable bonds is 5. The molecule has 5 nitrogen and oxygen atoms in total. The summed E-state index contributed by atoms with van der Waals surface area (Å²) in [5.74, 6) is 0. The molecule has 1 fully saturated rings. The molecular formula is C19H23N3O2. The first kappa shape index (κ1) is 16.5. The molecule has 0 spiro atoms. The SMILES string of the molecule is Cc1ccc(CCN2CCN(c3ccc([N+](=O)[O-])cc3)CC2)cc1. The van der Waals surface area contributed by atoms with E-state index in [4.69, 9.17) is 0 Å². The zero-order valence-electron chi connectivity index (χ0n) is 14.0. The lowest BCUT2D eigenvalue weighted by atomic mass is 10.1. The van der Waals surface area contributed by atoms with Crippen molar-refractivity contribution in [3.05, 3.63) is 69.8 Å². The van der Waals surface area contributed by atoms with Crippen LogP contribution in [0.5, 0.6) is 0 Å². The minimum Gasteiger partial charge on any atom is -0.369 e. The van der Waals surface area contributed by atoms with Crippen LogP contribution in [-0.4, -0.2) is 42.5 Å². The number of non-ortho nitro benzene ring substituents is 1. The summed E-state index contributed by atoms with van der Waals surface area (Å²) in [5.41, 5.74) is 3.91. The van der Waals surface area contributed by atoms with Gasteiger partial charge in [-0.25, -0.2) is 0 Å². The molecule has 0 bridgehead atoms. The van der Waals surface area contributed by atoms with E-state index < -0.39 is 0 Å². The predicted octanol–water partition coefficient (Wildman–Crippen LogP) is 3.27. The average Bonchev–Trinajstić information content (AvgIpc) is 2.62. The second-order valence-corrected chi connectivity index (χ2v) is 6.34. The van der Waals surface area contributed by atoms with Gasteiger partial charge in [-0.2, -0.15) is 0 Å². The molecule has 0 unspecified atom stereocenters. The van der Waals surface area contributed by atoms with Gasteiger partial charge in [0.05, 0.1) is 4.92 Å². The Hall–Kier alpha value is -2.40. The third kappa shape index (κ3) is 4.11. The van der Waals surface area contributed by atoms with Crippen LogP contribution in [0.15, 0.2) is 48.5 Å². The van der Waals surface area contributed by atoms with E-state index in [-0.39, 0.29) is 10.6 Å². The predicted molar refractivity (Wildman–Crippen MR) is 96.6 cm³/mol. The first-order valence-electron chi connectivity index (χ1n) is 8.39. The fourth-order valence-corrected chi connectivity index (χ4v) is 3.06. The third-order valence-corrected chi connectivity index (χ3v) is 4.64. The molecule has 3 rings (SSSR count).